The molecule has 0 bridgehead atoms. The molecule has 0 saturated heterocycles. The van der Waals surface area contributed by atoms with Crippen LogP contribution < -0.4 is 0 Å². The van der Waals surface area contributed by atoms with E-state index in [2.05, 4.69) is 37.2 Å². The Bertz CT molecular complexity index is 739. The summed E-state index contributed by atoms with van der Waals surface area (Å²) >= 11 is 6.04. The van der Waals surface area contributed by atoms with Crippen molar-refractivity contribution in [2.45, 2.75) is 31.3 Å². The Morgan fingerprint density at radius 1 is 1.12 bits per heavy atom. The molecule has 2 aromatic rings. The van der Waals surface area contributed by atoms with Crippen molar-refractivity contribution in [3.05, 3.63) is 76.3 Å². The van der Waals surface area contributed by atoms with Crippen molar-refractivity contribution < 1.29 is 5.11 Å². The maximum atomic E-state index is 11.9. The van der Waals surface area contributed by atoms with Gasteiger partial charge in [0.1, 0.15) is 0 Å². The van der Waals surface area contributed by atoms with Crippen molar-refractivity contribution in [3.63, 3.8) is 0 Å². The maximum absolute atomic E-state index is 11.9. The Morgan fingerprint density at radius 2 is 1.81 bits per heavy atom. The van der Waals surface area contributed by atoms with Gasteiger partial charge in [-0.2, -0.15) is 0 Å². The third-order valence-corrected chi connectivity index (χ3v) is 5.60. The lowest BCUT2D eigenvalue weighted by Crippen LogP contribution is -2.48. The normalized spacial score (nSPS) is 25.0. The van der Waals surface area contributed by atoms with Crippen LogP contribution >= 0.6 is 11.6 Å². The van der Waals surface area contributed by atoms with Crippen LogP contribution in [0, 0.1) is 5.92 Å². The van der Waals surface area contributed by atoms with Crippen molar-refractivity contribution >= 4 is 17.7 Å². The van der Waals surface area contributed by atoms with E-state index in [1.807, 2.05) is 42.5 Å². The Kier molecular flexibility index (Phi) is 6.18. The molecule has 0 heterocycles. The second kappa shape index (κ2) is 8.39. The van der Waals surface area contributed by atoms with E-state index in [1.165, 1.54) is 0 Å². The van der Waals surface area contributed by atoms with Crippen LogP contribution in [0.1, 0.15) is 30.4 Å². The summed E-state index contributed by atoms with van der Waals surface area (Å²) in [5, 5.41) is 12.6. The van der Waals surface area contributed by atoms with Crippen molar-refractivity contribution in [1.82, 2.24) is 4.90 Å². The topological polar surface area (TPSA) is 23.5 Å². The lowest BCUT2D eigenvalue weighted by molar-refractivity contribution is -0.0123. The molecule has 0 radical (unpaired) electrons. The van der Waals surface area contributed by atoms with E-state index in [0.29, 0.717) is 6.42 Å². The molecule has 138 valence electrons. The average Bonchev–Trinajstić information content (AvgIpc) is 2.61. The van der Waals surface area contributed by atoms with Crippen LogP contribution in [-0.4, -0.2) is 36.2 Å². The highest BCUT2D eigenvalue weighted by molar-refractivity contribution is 6.30. The van der Waals surface area contributed by atoms with Gasteiger partial charge >= 0.3 is 0 Å². The first-order valence-electron chi connectivity index (χ1n) is 9.35. The zero-order valence-corrected chi connectivity index (χ0v) is 16.4. The Morgan fingerprint density at radius 3 is 2.46 bits per heavy atom. The van der Waals surface area contributed by atoms with E-state index in [4.69, 9.17) is 11.6 Å². The lowest BCUT2D eigenvalue weighted by atomic mass is 9.68. The van der Waals surface area contributed by atoms with Gasteiger partial charge in [-0.1, -0.05) is 60.1 Å². The van der Waals surface area contributed by atoms with E-state index in [0.717, 1.165) is 47.5 Å². The van der Waals surface area contributed by atoms with E-state index in [-0.39, 0.29) is 5.92 Å². The van der Waals surface area contributed by atoms with Gasteiger partial charge in [0.25, 0.3) is 0 Å². The molecule has 3 heteroatoms. The molecule has 0 spiro atoms. The van der Waals surface area contributed by atoms with Crippen LogP contribution in [0.15, 0.2) is 60.2 Å². The summed E-state index contributed by atoms with van der Waals surface area (Å²) in [5.74, 6) is 0.219. The maximum Gasteiger partial charge on any atom is 0.0940 e. The molecule has 2 atom stereocenters. The van der Waals surface area contributed by atoms with E-state index in [1.54, 1.807) is 0 Å². The Balaban J connectivity index is 1.97. The second-order valence-electron chi connectivity index (χ2n) is 7.66. The summed E-state index contributed by atoms with van der Waals surface area (Å²) in [4.78, 5) is 2.18. The van der Waals surface area contributed by atoms with E-state index >= 15 is 0 Å². The number of nitrogens with zero attached hydrogens (tertiary/aromatic N) is 1. The summed E-state index contributed by atoms with van der Waals surface area (Å²) < 4.78 is 0. The number of hydrogen-bond acceptors (Lipinski definition) is 2. The Hall–Kier alpha value is -1.61. The number of halogens is 1. The molecule has 1 fully saturated rings. The summed E-state index contributed by atoms with van der Waals surface area (Å²) in [6.45, 7) is 0.885. The number of aliphatic hydroxyl groups is 1. The van der Waals surface area contributed by atoms with Crippen LogP contribution in [0.4, 0.5) is 0 Å². The molecule has 1 N–H and O–H groups in total. The van der Waals surface area contributed by atoms with Crippen LogP contribution in [-0.2, 0) is 6.42 Å². The van der Waals surface area contributed by atoms with Crippen LogP contribution in [0.5, 0.6) is 0 Å². The van der Waals surface area contributed by atoms with Crippen LogP contribution in [0.3, 0.4) is 0 Å². The molecular formula is C23H28ClNO. The molecule has 2 aromatic carbocycles. The van der Waals surface area contributed by atoms with Gasteiger partial charge in [-0.15, -0.1) is 0 Å². The van der Waals surface area contributed by atoms with Crippen molar-refractivity contribution in [2.24, 2.45) is 5.92 Å². The quantitative estimate of drug-likeness (QED) is 0.796. The summed E-state index contributed by atoms with van der Waals surface area (Å²) in [6, 6.07) is 18.2. The fourth-order valence-corrected chi connectivity index (χ4v) is 4.18. The van der Waals surface area contributed by atoms with E-state index < -0.39 is 5.60 Å². The molecule has 1 aliphatic carbocycles. The van der Waals surface area contributed by atoms with Gasteiger partial charge in [-0.3, -0.25) is 0 Å². The lowest BCUT2D eigenvalue weighted by Gasteiger charge is -2.43. The summed E-state index contributed by atoms with van der Waals surface area (Å²) in [7, 11) is 4.16. The predicted molar refractivity (Wildman–Crippen MR) is 110 cm³/mol. The SMILES string of the molecule is CN(C)CC1CCC/C(=C/c2ccccc2)C1(O)Cc1ccc(Cl)cc1. The molecule has 0 aliphatic heterocycles. The fraction of sp³-hybridized carbons (Fsp3) is 0.391. The molecule has 3 rings (SSSR count). The fourth-order valence-electron chi connectivity index (χ4n) is 4.06. The number of hydrogen-bond donors (Lipinski definition) is 1. The minimum Gasteiger partial charge on any atom is -0.385 e. The summed E-state index contributed by atoms with van der Waals surface area (Å²) in [6.07, 6.45) is 5.94. The van der Waals surface area contributed by atoms with Gasteiger partial charge in [-0.25, -0.2) is 0 Å². The highest BCUT2D eigenvalue weighted by Crippen LogP contribution is 2.41. The molecule has 0 aromatic heterocycles. The Labute approximate surface area is 162 Å². The van der Waals surface area contributed by atoms with E-state index in [9.17, 15) is 5.11 Å². The third kappa shape index (κ3) is 4.56. The van der Waals surface area contributed by atoms with Crippen LogP contribution in [0.25, 0.3) is 6.08 Å². The summed E-state index contributed by atoms with van der Waals surface area (Å²) in [5.41, 5.74) is 2.60. The molecule has 1 aliphatic rings. The van der Waals surface area contributed by atoms with Gasteiger partial charge in [0.15, 0.2) is 0 Å². The molecule has 26 heavy (non-hydrogen) atoms. The molecule has 2 nitrogen and oxygen atoms in total. The highest BCUT2D eigenvalue weighted by atomic mass is 35.5. The monoisotopic (exact) mass is 369 g/mol. The minimum absolute atomic E-state index is 0.219. The first-order valence-corrected chi connectivity index (χ1v) is 9.73. The van der Waals surface area contributed by atoms with Gasteiger partial charge in [0, 0.05) is 23.9 Å². The van der Waals surface area contributed by atoms with Gasteiger partial charge in [0.2, 0.25) is 0 Å². The van der Waals surface area contributed by atoms with Crippen LogP contribution in [0.2, 0.25) is 5.02 Å². The smallest absolute Gasteiger partial charge is 0.0940 e. The van der Waals surface area contributed by atoms with Crippen molar-refractivity contribution in [2.75, 3.05) is 20.6 Å². The number of rotatable bonds is 5. The zero-order valence-electron chi connectivity index (χ0n) is 15.7. The van der Waals surface area contributed by atoms with Crippen molar-refractivity contribution in [3.8, 4) is 0 Å². The van der Waals surface area contributed by atoms with Gasteiger partial charge in [-0.05, 0) is 62.2 Å². The standard InChI is InChI=1S/C23H28ClNO/c1-25(2)17-21-10-6-9-20(15-18-7-4-3-5-8-18)23(21,26)16-19-11-13-22(24)14-12-19/h3-5,7-8,11-15,21,26H,6,9-10,16-17H2,1-2H3/b20-15-. The van der Waals surface area contributed by atoms with Gasteiger partial charge in [0.05, 0.1) is 5.60 Å². The first-order chi connectivity index (χ1) is 12.5. The molecule has 2 unspecified atom stereocenters. The number of benzene rings is 2. The predicted octanol–water partition coefficient (Wildman–Crippen LogP) is 5.06. The van der Waals surface area contributed by atoms with Crippen molar-refractivity contribution in [1.29, 1.82) is 0 Å². The second-order valence-corrected chi connectivity index (χ2v) is 8.10. The first kappa shape index (κ1) is 19.2. The highest BCUT2D eigenvalue weighted by Gasteiger charge is 2.42. The minimum atomic E-state index is -0.827. The molecule has 0 amide bonds. The molecule has 1 saturated carbocycles. The zero-order chi connectivity index (χ0) is 18.6. The molecular weight excluding hydrogens is 342 g/mol. The largest absolute Gasteiger partial charge is 0.385 e. The average molecular weight is 370 g/mol. The third-order valence-electron chi connectivity index (χ3n) is 5.34. The van der Waals surface area contributed by atoms with Gasteiger partial charge < -0.3 is 10.0 Å².